The molecule has 0 spiro atoms. The monoisotopic (exact) mass is 303 g/mol. The van der Waals surface area contributed by atoms with Gasteiger partial charge < -0.3 is 10.2 Å². The summed E-state index contributed by atoms with van der Waals surface area (Å²) in [5.74, 6) is 0.434. The maximum absolute atomic E-state index is 12.0. The van der Waals surface area contributed by atoms with Crippen molar-refractivity contribution in [1.29, 1.82) is 0 Å². The zero-order valence-electron chi connectivity index (χ0n) is 12.7. The van der Waals surface area contributed by atoms with E-state index in [9.17, 15) is 4.79 Å². The number of hydrogen-bond donors (Lipinski definition) is 1. The minimum atomic E-state index is 0.000417. The van der Waals surface area contributed by atoms with E-state index in [4.69, 9.17) is 0 Å². The minimum Gasteiger partial charge on any atom is -0.365 e. The van der Waals surface area contributed by atoms with Gasteiger partial charge in [-0.05, 0) is 12.1 Å². The number of carbonyl (C=O) groups is 1. The molecule has 112 valence electrons. The number of anilines is 1. The van der Waals surface area contributed by atoms with Crippen LogP contribution in [0.25, 0.3) is 0 Å². The van der Waals surface area contributed by atoms with Gasteiger partial charge in [-0.15, -0.1) is 11.3 Å². The molecule has 0 saturated heterocycles. The van der Waals surface area contributed by atoms with E-state index in [0.29, 0.717) is 19.0 Å². The van der Waals surface area contributed by atoms with Crippen LogP contribution in [0.1, 0.15) is 30.5 Å². The molecule has 2 rings (SSSR count). The van der Waals surface area contributed by atoms with E-state index < -0.39 is 0 Å². The van der Waals surface area contributed by atoms with Crippen molar-refractivity contribution in [2.24, 2.45) is 0 Å². The number of amides is 1. The fourth-order valence-corrected chi connectivity index (χ4v) is 2.74. The molecule has 1 aromatic carbocycles. The molecule has 21 heavy (non-hydrogen) atoms. The summed E-state index contributed by atoms with van der Waals surface area (Å²) < 4.78 is 0. The quantitative estimate of drug-likeness (QED) is 0.892. The summed E-state index contributed by atoms with van der Waals surface area (Å²) in [4.78, 5) is 18.4. The molecule has 5 heteroatoms. The zero-order chi connectivity index (χ0) is 15.2. The van der Waals surface area contributed by atoms with Gasteiger partial charge >= 0.3 is 0 Å². The fourth-order valence-electron chi connectivity index (χ4n) is 1.90. The highest BCUT2D eigenvalue weighted by molar-refractivity contribution is 7.09. The zero-order valence-corrected chi connectivity index (χ0v) is 13.5. The Labute approximate surface area is 129 Å². The van der Waals surface area contributed by atoms with Crippen molar-refractivity contribution in [2.45, 2.75) is 26.3 Å². The second-order valence-corrected chi connectivity index (χ2v) is 6.19. The van der Waals surface area contributed by atoms with Crippen LogP contribution in [0.4, 0.5) is 5.69 Å². The maximum Gasteiger partial charge on any atom is 0.239 e. The van der Waals surface area contributed by atoms with Gasteiger partial charge in [-0.2, -0.15) is 0 Å². The maximum atomic E-state index is 12.0. The van der Waals surface area contributed by atoms with Crippen molar-refractivity contribution < 1.29 is 4.79 Å². The van der Waals surface area contributed by atoms with E-state index in [0.717, 1.165) is 16.4 Å². The number of carbonyl (C=O) groups excluding carboxylic acids is 1. The first-order chi connectivity index (χ1) is 10.1. The fraction of sp³-hybridized carbons (Fsp3) is 0.375. The molecule has 0 aliphatic heterocycles. The van der Waals surface area contributed by atoms with Gasteiger partial charge in [-0.25, -0.2) is 4.98 Å². The Morgan fingerprint density at radius 3 is 2.67 bits per heavy atom. The summed E-state index contributed by atoms with van der Waals surface area (Å²) in [6.07, 6.45) is 0. The van der Waals surface area contributed by atoms with Gasteiger partial charge in [0.25, 0.3) is 0 Å². The molecule has 0 bridgehead atoms. The molecule has 1 aromatic heterocycles. The lowest BCUT2D eigenvalue weighted by molar-refractivity contribution is -0.119. The van der Waals surface area contributed by atoms with Crippen LogP contribution in [0.15, 0.2) is 35.7 Å². The summed E-state index contributed by atoms with van der Waals surface area (Å²) in [5.41, 5.74) is 1.96. The number of hydrogen-bond acceptors (Lipinski definition) is 4. The van der Waals surface area contributed by atoms with Gasteiger partial charge in [0, 0.05) is 24.0 Å². The molecule has 4 nitrogen and oxygen atoms in total. The Bertz CT molecular complexity index is 580. The average Bonchev–Trinajstić information content (AvgIpc) is 2.95. The third kappa shape index (κ3) is 4.56. The molecule has 0 unspecified atom stereocenters. The van der Waals surface area contributed by atoms with Crippen molar-refractivity contribution in [3.8, 4) is 0 Å². The van der Waals surface area contributed by atoms with Gasteiger partial charge in [0.05, 0.1) is 23.8 Å². The van der Waals surface area contributed by atoms with Gasteiger partial charge in [0.1, 0.15) is 0 Å². The van der Waals surface area contributed by atoms with E-state index in [-0.39, 0.29) is 5.91 Å². The minimum absolute atomic E-state index is 0.000417. The van der Waals surface area contributed by atoms with Crippen LogP contribution in [-0.2, 0) is 11.3 Å². The molecule has 1 heterocycles. The first kappa shape index (κ1) is 15.5. The molecular formula is C16H21N3OS. The molecule has 0 aliphatic rings. The number of para-hydroxylation sites is 1. The number of likely N-dealkylation sites (N-methyl/N-ethyl adjacent to an activating group) is 1. The topological polar surface area (TPSA) is 45.2 Å². The predicted molar refractivity (Wildman–Crippen MR) is 87.8 cm³/mol. The van der Waals surface area contributed by atoms with Crippen LogP contribution >= 0.6 is 11.3 Å². The van der Waals surface area contributed by atoms with Gasteiger partial charge in [-0.1, -0.05) is 32.0 Å². The highest BCUT2D eigenvalue weighted by atomic mass is 32.1. The van der Waals surface area contributed by atoms with E-state index >= 15 is 0 Å². The number of nitrogens with zero attached hydrogens (tertiary/aromatic N) is 2. The number of benzene rings is 1. The molecule has 0 fully saturated rings. The van der Waals surface area contributed by atoms with Crippen LogP contribution in [0.2, 0.25) is 0 Å². The second kappa shape index (κ2) is 7.22. The standard InChI is InChI=1S/C16H21N3OS/c1-12(2)16-18-13(11-21-16)9-17-15(20)10-19(3)14-7-5-4-6-8-14/h4-8,11-12H,9-10H2,1-3H3,(H,17,20). The first-order valence-electron chi connectivity index (χ1n) is 7.03. The Morgan fingerprint density at radius 1 is 1.33 bits per heavy atom. The highest BCUT2D eigenvalue weighted by Gasteiger charge is 2.09. The van der Waals surface area contributed by atoms with Crippen LogP contribution in [0.3, 0.4) is 0 Å². The average molecular weight is 303 g/mol. The van der Waals surface area contributed by atoms with E-state index in [2.05, 4.69) is 24.1 Å². The Kier molecular flexibility index (Phi) is 5.33. The second-order valence-electron chi connectivity index (χ2n) is 5.30. The van der Waals surface area contributed by atoms with Crippen molar-refractivity contribution in [2.75, 3.05) is 18.5 Å². The SMILES string of the molecule is CC(C)c1nc(CNC(=O)CN(C)c2ccccc2)cs1. The Hall–Kier alpha value is -1.88. The van der Waals surface area contributed by atoms with E-state index in [1.54, 1.807) is 11.3 Å². The number of aromatic nitrogens is 1. The third-order valence-electron chi connectivity index (χ3n) is 3.11. The van der Waals surface area contributed by atoms with Crippen LogP contribution in [0, 0.1) is 0 Å². The molecular weight excluding hydrogens is 282 g/mol. The summed E-state index contributed by atoms with van der Waals surface area (Å²) in [6.45, 7) is 5.07. The van der Waals surface area contributed by atoms with Gasteiger partial charge in [-0.3, -0.25) is 4.79 Å². The summed E-state index contributed by atoms with van der Waals surface area (Å²) in [5, 5.41) is 6.04. The Balaban J connectivity index is 1.82. The number of nitrogens with one attached hydrogen (secondary N) is 1. The molecule has 0 aliphatic carbocycles. The smallest absolute Gasteiger partial charge is 0.239 e. The van der Waals surface area contributed by atoms with Crippen LogP contribution < -0.4 is 10.2 Å². The molecule has 0 saturated carbocycles. The molecule has 1 amide bonds. The van der Waals surface area contributed by atoms with Crippen molar-refractivity contribution >= 4 is 22.9 Å². The van der Waals surface area contributed by atoms with Gasteiger partial charge in [0.15, 0.2) is 0 Å². The van der Waals surface area contributed by atoms with Crippen LogP contribution in [-0.4, -0.2) is 24.5 Å². The molecule has 2 aromatic rings. The van der Waals surface area contributed by atoms with E-state index in [1.807, 2.05) is 47.7 Å². The normalized spacial score (nSPS) is 10.7. The van der Waals surface area contributed by atoms with Crippen molar-refractivity contribution in [3.63, 3.8) is 0 Å². The predicted octanol–water partition coefficient (Wildman–Crippen LogP) is 3.02. The molecule has 0 atom stereocenters. The lowest BCUT2D eigenvalue weighted by Crippen LogP contribution is -2.34. The van der Waals surface area contributed by atoms with E-state index in [1.165, 1.54) is 0 Å². The number of rotatable bonds is 6. The first-order valence-corrected chi connectivity index (χ1v) is 7.91. The largest absolute Gasteiger partial charge is 0.365 e. The molecule has 1 N–H and O–H groups in total. The van der Waals surface area contributed by atoms with Crippen molar-refractivity contribution in [3.05, 3.63) is 46.4 Å². The third-order valence-corrected chi connectivity index (χ3v) is 4.30. The summed E-state index contributed by atoms with van der Waals surface area (Å²) >= 11 is 1.65. The summed E-state index contributed by atoms with van der Waals surface area (Å²) in [6, 6.07) is 9.87. The lowest BCUT2D eigenvalue weighted by atomic mass is 10.2. The molecule has 0 radical (unpaired) electrons. The summed E-state index contributed by atoms with van der Waals surface area (Å²) in [7, 11) is 1.91. The lowest BCUT2D eigenvalue weighted by Gasteiger charge is -2.18. The number of thiazole rings is 1. The Morgan fingerprint density at radius 2 is 2.05 bits per heavy atom. The van der Waals surface area contributed by atoms with Crippen LogP contribution in [0.5, 0.6) is 0 Å². The van der Waals surface area contributed by atoms with Gasteiger partial charge in [0.2, 0.25) is 5.91 Å². The van der Waals surface area contributed by atoms with Crippen molar-refractivity contribution in [1.82, 2.24) is 10.3 Å². The highest BCUT2D eigenvalue weighted by Crippen LogP contribution is 2.18.